The van der Waals surface area contributed by atoms with Gasteiger partial charge >= 0.3 is 5.97 Å². The molecule has 0 unspecified atom stereocenters. The number of fused-ring (bicyclic) bond motifs is 2. The van der Waals surface area contributed by atoms with E-state index in [2.05, 4.69) is 72.5 Å². The Morgan fingerprint density at radius 1 is 0.750 bits per heavy atom. The number of benzene rings is 4. The molecule has 0 saturated heterocycles. The van der Waals surface area contributed by atoms with Gasteiger partial charge < -0.3 is 19.5 Å². The van der Waals surface area contributed by atoms with Crippen LogP contribution in [0.15, 0.2) is 97.1 Å². The molecule has 0 aliphatic carbocycles. The van der Waals surface area contributed by atoms with Gasteiger partial charge in [-0.3, -0.25) is 4.79 Å². The molecule has 0 amide bonds. The lowest BCUT2D eigenvalue weighted by Crippen LogP contribution is -2.38. The largest absolute Gasteiger partial charge is 0.481 e. The molecule has 4 aromatic carbocycles. The van der Waals surface area contributed by atoms with Crippen LogP contribution in [-0.4, -0.2) is 55.3 Å². The zero-order chi connectivity index (χ0) is 39.6. The fraction of sp³-hybridized carbons (Fsp3) is 0.480. The Bertz CT molecular complexity index is 1920. The van der Waals surface area contributed by atoms with Crippen molar-refractivity contribution in [3.05, 3.63) is 119 Å². The van der Waals surface area contributed by atoms with Crippen LogP contribution in [0.2, 0.25) is 0 Å². The SMILES string of the molecule is CCCCCCCCCCCCCC(=O)OCCCCc1ccc2nc(OC)c([C@@H](c3ccccc3)[C@@](O)(CCN(C)C)c3cccc4ccccc34)cc2c1. The van der Waals surface area contributed by atoms with Crippen LogP contribution < -0.4 is 4.74 Å². The molecule has 1 aromatic heterocycles. The fourth-order valence-electron chi connectivity index (χ4n) is 8.16. The number of aromatic nitrogens is 1. The monoisotopic (exact) mass is 759 g/mol. The Morgan fingerprint density at radius 2 is 1.43 bits per heavy atom. The summed E-state index contributed by atoms with van der Waals surface area (Å²) in [6.45, 7) is 3.41. The Labute approximate surface area is 336 Å². The molecule has 1 N–H and O–H groups in total. The van der Waals surface area contributed by atoms with Gasteiger partial charge in [0.05, 0.1) is 19.2 Å². The van der Waals surface area contributed by atoms with E-state index in [-0.39, 0.29) is 5.97 Å². The highest BCUT2D eigenvalue weighted by Crippen LogP contribution is 2.49. The number of carbonyl (C=O) groups is 1. The van der Waals surface area contributed by atoms with Crippen molar-refractivity contribution in [2.75, 3.05) is 34.4 Å². The number of carbonyl (C=O) groups excluding carboxylic acids is 1. The van der Waals surface area contributed by atoms with Crippen LogP contribution >= 0.6 is 0 Å². The smallest absolute Gasteiger partial charge is 0.305 e. The van der Waals surface area contributed by atoms with Crippen LogP contribution in [0.3, 0.4) is 0 Å². The predicted octanol–water partition coefficient (Wildman–Crippen LogP) is 11.9. The summed E-state index contributed by atoms with van der Waals surface area (Å²) in [6.07, 6.45) is 17.6. The molecule has 0 aliphatic heterocycles. The lowest BCUT2D eigenvalue weighted by atomic mass is 9.70. The lowest BCUT2D eigenvalue weighted by Gasteiger charge is -2.39. The summed E-state index contributed by atoms with van der Waals surface area (Å²) in [4.78, 5) is 19.5. The predicted molar refractivity (Wildman–Crippen MR) is 233 cm³/mol. The molecule has 1 heterocycles. The first-order chi connectivity index (χ1) is 27.3. The van der Waals surface area contributed by atoms with Gasteiger partial charge in [-0.2, -0.15) is 0 Å². The number of rotatable bonds is 25. The molecule has 5 rings (SSSR count). The maximum atomic E-state index is 13.3. The van der Waals surface area contributed by atoms with E-state index in [0.717, 1.165) is 70.5 Å². The summed E-state index contributed by atoms with van der Waals surface area (Å²) < 4.78 is 11.6. The van der Waals surface area contributed by atoms with E-state index >= 15 is 0 Å². The highest BCUT2D eigenvalue weighted by molar-refractivity contribution is 5.87. The average molecular weight is 759 g/mol. The number of pyridine rings is 1. The third-order valence-electron chi connectivity index (χ3n) is 11.3. The van der Waals surface area contributed by atoms with Crippen molar-refractivity contribution >= 4 is 27.6 Å². The van der Waals surface area contributed by atoms with Crippen molar-refractivity contribution in [3.63, 3.8) is 0 Å². The maximum absolute atomic E-state index is 13.3. The molecule has 2 atom stereocenters. The van der Waals surface area contributed by atoms with Crippen LogP contribution in [0.25, 0.3) is 21.7 Å². The number of unbranched alkanes of at least 4 members (excludes halogenated alkanes) is 11. The van der Waals surface area contributed by atoms with Gasteiger partial charge in [-0.25, -0.2) is 4.98 Å². The fourth-order valence-corrected chi connectivity index (χ4v) is 8.16. The minimum atomic E-state index is -1.29. The highest BCUT2D eigenvalue weighted by Gasteiger charge is 2.43. The Morgan fingerprint density at radius 3 is 2.14 bits per heavy atom. The van der Waals surface area contributed by atoms with Gasteiger partial charge in [0, 0.05) is 29.8 Å². The van der Waals surface area contributed by atoms with Crippen molar-refractivity contribution in [1.82, 2.24) is 9.88 Å². The minimum Gasteiger partial charge on any atom is -0.481 e. The van der Waals surface area contributed by atoms with Crippen molar-refractivity contribution in [2.24, 2.45) is 0 Å². The number of ether oxygens (including phenoxy) is 2. The lowest BCUT2D eigenvalue weighted by molar-refractivity contribution is -0.143. The molecule has 6 heteroatoms. The highest BCUT2D eigenvalue weighted by atomic mass is 16.5. The zero-order valence-electron chi connectivity index (χ0n) is 34.6. The van der Waals surface area contributed by atoms with E-state index in [1.807, 2.05) is 50.5 Å². The molecule has 0 bridgehead atoms. The Hall–Kier alpha value is -4.26. The summed E-state index contributed by atoms with van der Waals surface area (Å²) in [7, 11) is 5.76. The molecule has 56 heavy (non-hydrogen) atoms. The molecule has 6 nitrogen and oxygen atoms in total. The third kappa shape index (κ3) is 12.1. The van der Waals surface area contributed by atoms with E-state index in [0.29, 0.717) is 31.9 Å². The second-order valence-electron chi connectivity index (χ2n) is 15.9. The van der Waals surface area contributed by atoms with Gasteiger partial charge in [0.2, 0.25) is 5.88 Å². The van der Waals surface area contributed by atoms with Gasteiger partial charge in [-0.15, -0.1) is 0 Å². The molecule has 0 spiro atoms. The Kier molecular flexibility index (Phi) is 17.2. The van der Waals surface area contributed by atoms with Crippen molar-refractivity contribution < 1.29 is 19.4 Å². The first-order valence-corrected chi connectivity index (χ1v) is 21.4. The maximum Gasteiger partial charge on any atom is 0.305 e. The van der Waals surface area contributed by atoms with Crippen LogP contribution in [0.1, 0.15) is 131 Å². The van der Waals surface area contributed by atoms with Gasteiger partial charge in [0.1, 0.15) is 5.60 Å². The van der Waals surface area contributed by atoms with Crippen LogP contribution in [-0.2, 0) is 21.6 Å². The van der Waals surface area contributed by atoms with Crippen molar-refractivity contribution in [3.8, 4) is 5.88 Å². The van der Waals surface area contributed by atoms with Gasteiger partial charge in [0.15, 0.2) is 0 Å². The summed E-state index contributed by atoms with van der Waals surface area (Å²) in [5.41, 5.74) is 3.49. The van der Waals surface area contributed by atoms with Crippen molar-refractivity contribution in [2.45, 2.75) is 121 Å². The number of nitrogens with zero attached hydrogens (tertiary/aromatic N) is 2. The van der Waals surface area contributed by atoms with Crippen molar-refractivity contribution in [1.29, 1.82) is 0 Å². The molecule has 300 valence electrons. The number of hydrogen-bond donors (Lipinski definition) is 1. The molecule has 0 fully saturated rings. The molecule has 0 saturated carbocycles. The number of aryl methyl sites for hydroxylation is 1. The van der Waals surface area contributed by atoms with Crippen LogP contribution in [0.5, 0.6) is 5.88 Å². The van der Waals surface area contributed by atoms with Crippen LogP contribution in [0.4, 0.5) is 0 Å². The average Bonchev–Trinajstić information content (AvgIpc) is 3.22. The van der Waals surface area contributed by atoms with E-state index in [1.54, 1.807) is 7.11 Å². The number of hydrogen-bond acceptors (Lipinski definition) is 6. The quantitative estimate of drug-likeness (QED) is 0.0472. The van der Waals surface area contributed by atoms with Gasteiger partial charge in [-0.1, -0.05) is 150 Å². The summed E-state index contributed by atoms with van der Waals surface area (Å²) in [5.74, 6) is -0.0245. The summed E-state index contributed by atoms with van der Waals surface area (Å²) in [5, 5.41) is 16.5. The van der Waals surface area contributed by atoms with Gasteiger partial charge in [-0.05, 0) is 91.9 Å². The first kappa shape index (κ1) is 42.9. The summed E-state index contributed by atoms with van der Waals surface area (Å²) in [6, 6.07) is 33.4. The molecular weight excluding hydrogens is 693 g/mol. The number of methoxy groups -OCH3 is 1. The topological polar surface area (TPSA) is 71.9 Å². The van der Waals surface area contributed by atoms with E-state index in [1.165, 1.54) is 63.4 Å². The second-order valence-corrected chi connectivity index (χ2v) is 15.9. The van der Waals surface area contributed by atoms with E-state index < -0.39 is 11.5 Å². The van der Waals surface area contributed by atoms with Gasteiger partial charge in [0.25, 0.3) is 0 Å². The normalized spacial score (nSPS) is 13.2. The number of aliphatic hydroxyl groups is 1. The van der Waals surface area contributed by atoms with E-state index in [4.69, 9.17) is 14.5 Å². The molecule has 0 aliphatic rings. The molecule has 0 radical (unpaired) electrons. The number of esters is 1. The van der Waals surface area contributed by atoms with E-state index in [9.17, 15) is 9.90 Å². The standard InChI is InChI=1S/C50H66N2O4/c1-5-6-7-8-9-10-11-12-13-14-18-31-47(53)56-36-22-21-24-39-32-33-46-42(37-39)38-44(49(51-46)55-4)48(41-26-16-15-17-27-41)50(54,34-35-52(2)3)45-30-23-28-40-25-19-20-29-43(40)45/h15-17,19-20,23,25-30,32-33,37-38,48,54H,5-14,18,21-22,24,31,34-36H2,1-4H3/t48-,50-/m1/s1. The Balaban J connectivity index is 1.25. The second kappa shape index (κ2) is 22.5. The molecule has 5 aromatic rings. The zero-order valence-corrected chi connectivity index (χ0v) is 34.6. The van der Waals surface area contributed by atoms with Crippen LogP contribution in [0, 0.1) is 0 Å². The third-order valence-corrected chi connectivity index (χ3v) is 11.3. The molecular formula is C50H66N2O4. The minimum absolute atomic E-state index is 0.0683. The summed E-state index contributed by atoms with van der Waals surface area (Å²) >= 11 is 0. The first-order valence-electron chi connectivity index (χ1n) is 21.4.